The highest BCUT2D eigenvalue weighted by atomic mass is 35.5. The molecule has 0 unspecified atom stereocenters. The van der Waals surface area contributed by atoms with Crippen molar-refractivity contribution in [3.05, 3.63) is 105 Å². The summed E-state index contributed by atoms with van der Waals surface area (Å²) in [6.45, 7) is 4.99. The molecule has 0 bridgehead atoms. The van der Waals surface area contributed by atoms with Crippen LogP contribution in [0.15, 0.2) is 72.4 Å². The normalized spacial score (nSPS) is 16.0. The summed E-state index contributed by atoms with van der Waals surface area (Å²) in [7, 11) is 0. The Morgan fingerprint density at radius 2 is 1.64 bits per heavy atom. The van der Waals surface area contributed by atoms with Gasteiger partial charge in [0.1, 0.15) is 5.70 Å². The summed E-state index contributed by atoms with van der Waals surface area (Å²) in [6, 6.07) is 21.4. The highest BCUT2D eigenvalue weighted by Gasteiger charge is 2.42. The van der Waals surface area contributed by atoms with Gasteiger partial charge in [-0.3, -0.25) is 14.5 Å². The van der Waals surface area contributed by atoms with Crippen molar-refractivity contribution < 1.29 is 9.59 Å². The van der Waals surface area contributed by atoms with Crippen LogP contribution in [0.2, 0.25) is 5.02 Å². The fraction of sp³-hybridized carbons (Fsp3) is 0.214. The molecule has 166 valence electrons. The zero-order valence-corrected chi connectivity index (χ0v) is 19.5. The van der Waals surface area contributed by atoms with E-state index in [1.165, 1.54) is 10.5 Å². The third-order valence-corrected chi connectivity index (χ3v) is 6.83. The van der Waals surface area contributed by atoms with E-state index in [-0.39, 0.29) is 18.4 Å². The minimum absolute atomic E-state index is 0.210. The predicted octanol–water partition coefficient (Wildman–Crippen LogP) is 5.69. The number of rotatable bonds is 4. The lowest BCUT2D eigenvalue weighted by molar-refractivity contribution is -0.137. The molecule has 0 aromatic heterocycles. The molecular weight excluding hydrogens is 432 g/mol. The Bertz CT molecular complexity index is 1290. The van der Waals surface area contributed by atoms with E-state index in [0.29, 0.717) is 22.8 Å². The van der Waals surface area contributed by atoms with Gasteiger partial charge in [0.2, 0.25) is 0 Å². The van der Waals surface area contributed by atoms with Crippen LogP contribution in [0.4, 0.5) is 5.69 Å². The quantitative estimate of drug-likeness (QED) is 0.473. The van der Waals surface area contributed by atoms with Crippen molar-refractivity contribution in [2.45, 2.75) is 33.2 Å². The summed E-state index contributed by atoms with van der Waals surface area (Å²) in [5, 5.41) is 0.623. The summed E-state index contributed by atoms with van der Waals surface area (Å²) in [4.78, 5) is 31.0. The van der Waals surface area contributed by atoms with E-state index in [4.69, 9.17) is 11.6 Å². The molecule has 0 aliphatic carbocycles. The van der Waals surface area contributed by atoms with E-state index < -0.39 is 0 Å². The van der Waals surface area contributed by atoms with Gasteiger partial charge >= 0.3 is 0 Å². The SMILES string of the molecule is Cc1ccc(C2=C(N3CCCc4ccccc43)C(=O)N(Cc3ccc(Cl)cc3)C2=O)cc1C. The topological polar surface area (TPSA) is 40.6 Å². The van der Waals surface area contributed by atoms with Crippen LogP contribution in [0, 0.1) is 13.8 Å². The number of nitrogens with zero attached hydrogens (tertiary/aromatic N) is 2. The van der Waals surface area contributed by atoms with Crippen LogP contribution in [0.1, 0.15) is 34.2 Å². The van der Waals surface area contributed by atoms with Gasteiger partial charge in [0.15, 0.2) is 0 Å². The fourth-order valence-corrected chi connectivity index (χ4v) is 4.78. The first-order valence-electron chi connectivity index (χ1n) is 11.2. The molecule has 0 saturated heterocycles. The fourth-order valence-electron chi connectivity index (χ4n) is 4.65. The number of carbonyl (C=O) groups is 2. The van der Waals surface area contributed by atoms with Crippen LogP contribution >= 0.6 is 11.6 Å². The van der Waals surface area contributed by atoms with Gasteiger partial charge in [-0.15, -0.1) is 0 Å². The largest absolute Gasteiger partial charge is 0.336 e. The molecule has 0 N–H and O–H groups in total. The molecule has 33 heavy (non-hydrogen) atoms. The molecule has 5 heteroatoms. The third-order valence-electron chi connectivity index (χ3n) is 6.57. The smallest absolute Gasteiger partial charge is 0.278 e. The van der Waals surface area contributed by atoms with Crippen LogP contribution in [0.5, 0.6) is 0 Å². The zero-order valence-electron chi connectivity index (χ0n) is 18.8. The van der Waals surface area contributed by atoms with E-state index in [9.17, 15) is 9.59 Å². The Morgan fingerprint density at radius 3 is 2.39 bits per heavy atom. The second-order valence-electron chi connectivity index (χ2n) is 8.73. The van der Waals surface area contributed by atoms with Crippen molar-refractivity contribution in [3.63, 3.8) is 0 Å². The first kappa shape index (κ1) is 21.5. The number of benzene rings is 3. The number of anilines is 1. The molecule has 3 aromatic carbocycles. The average molecular weight is 457 g/mol. The number of hydrogen-bond donors (Lipinski definition) is 0. The zero-order chi connectivity index (χ0) is 23.1. The predicted molar refractivity (Wildman–Crippen MR) is 132 cm³/mol. The number of hydrogen-bond acceptors (Lipinski definition) is 3. The number of halogens is 1. The van der Waals surface area contributed by atoms with Crippen molar-refractivity contribution in [3.8, 4) is 0 Å². The molecule has 0 atom stereocenters. The number of para-hydroxylation sites is 1. The average Bonchev–Trinajstić information content (AvgIpc) is 3.06. The summed E-state index contributed by atoms with van der Waals surface area (Å²) in [5.41, 5.74) is 7.06. The first-order chi connectivity index (χ1) is 15.9. The Morgan fingerprint density at radius 1 is 0.879 bits per heavy atom. The van der Waals surface area contributed by atoms with Crippen LogP contribution in [-0.2, 0) is 22.6 Å². The first-order valence-corrected chi connectivity index (χ1v) is 11.6. The van der Waals surface area contributed by atoms with Crippen LogP contribution in [0.3, 0.4) is 0 Å². The highest BCUT2D eigenvalue weighted by molar-refractivity contribution is 6.36. The molecule has 2 aliphatic heterocycles. The molecule has 2 aliphatic rings. The van der Waals surface area contributed by atoms with Gasteiger partial charge < -0.3 is 4.90 Å². The van der Waals surface area contributed by atoms with Gasteiger partial charge in [0, 0.05) is 17.3 Å². The van der Waals surface area contributed by atoms with E-state index >= 15 is 0 Å². The minimum atomic E-state index is -0.253. The summed E-state index contributed by atoms with van der Waals surface area (Å²) < 4.78 is 0. The van der Waals surface area contributed by atoms with E-state index in [2.05, 4.69) is 6.07 Å². The van der Waals surface area contributed by atoms with Crippen molar-refractivity contribution in [1.82, 2.24) is 4.90 Å². The maximum atomic E-state index is 13.8. The minimum Gasteiger partial charge on any atom is -0.336 e. The molecule has 3 aromatic rings. The number of carbonyl (C=O) groups excluding carboxylic acids is 2. The lowest BCUT2D eigenvalue weighted by atomic mass is 9.97. The van der Waals surface area contributed by atoms with Gasteiger partial charge in [-0.2, -0.15) is 0 Å². The van der Waals surface area contributed by atoms with E-state index in [0.717, 1.165) is 40.8 Å². The van der Waals surface area contributed by atoms with Gasteiger partial charge in [-0.1, -0.05) is 60.1 Å². The summed E-state index contributed by atoms with van der Waals surface area (Å²) in [5.74, 6) is -0.504. The van der Waals surface area contributed by atoms with Crippen LogP contribution < -0.4 is 4.90 Å². The number of amides is 2. The Kier molecular flexibility index (Phi) is 5.55. The summed E-state index contributed by atoms with van der Waals surface area (Å²) >= 11 is 6.03. The molecular formula is C28H25ClN2O2. The van der Waals surface area contributed by atoms with Gasteiger partial charge in [-0.05, 0) is 72.7 Å². The number of imide groups is 1. The lowest BCUT2D eigenvalue weighted by Gasteiger charge is -2.32. The molecule has 2 heterocycles. The molecule has 4 nitrogen and oxygen atoms in total. The monoisotopic (exact) mass is 456 g/mol. The molecule has 2 amide bonds. The van der Waals surface area contributed by atoms with E-state index in [1.54, 1.807) is 12.1 Å². The second kappa shape index (κ2) is 8.53. The Labute approximate surface area is 199 Å². The maximum absolute atomic E-state index is 13.8. The lowest BCUT2D eigenvalue weighted by Crippen LogP contribution is -2.36. The van der Waals surface area contributed by atoms with Crippen LogP contribution in [-0.4, -0.2) is 23.3 Å². The van der Waals surface area contributed by atoms with E-state index in [1.807, 2.05) is 67.3 Å². The maximum Gasteiger partial charge on any atom is 0.278 e. The Balaban J connectivity index is 1.63. The number of fused-ring (bicyclic) bond motifs is 1. The Hall–Kier alpha value is -3.37. The molecule has 5 rings (SSSR count). The molecule has 0 spiro atoms. The van der Waals surface area contributed by atoms with Crippen molar-refractivity contribution >= 4 is 34.7 Å². The highest BCUT2D eigenvalue weighted by Crippen LogP contribution is 2.38. The van der Waals surface area contributed by atoms with Gasteiger partial charge in [0.05, 0.1) is 12.1 Å². The van der Waals surface area contributed by atoms with Crippen LogP contribution in [0.25, 0.3) is 5.57 Å². The summed E-state index contributed by atoms with van der Waals surface area (Å²) in [6.07, 6.45) is 1.90. The third kappa shape index (κ3) is 3.85. The van der Waals surface area contributed by atoms with Crippen molar-refractivity contribution in [2.24, 2.45) is 0 Å². The van der Waals surface area contributed by atoms with Gasteiger partial charge in [0.25, 0.3) is 11.8 Å². The molecule has 0 saturated carbocycles. The van der Waals surface area contributed by atoms with Crippen molar-refractivity contribution in [2.75, 3.05) is 11.4 Å². The molecule has 0 fully saturated rings. The van der Waals surface area contributed by atoms with Crippen molar-refractivity contribution in [1.29, 1.82) is 0 Å². The number of aryl methyl sites for hydroxylation is 3. The van der Waals surface area contributed by atoms with Gasteiger partial charge in [-0.25, -0.2) is 0 Å². The standard InChI is InChI=1S/C28H25ClN2O2/c1-18-9-12-22(16-19(18)2)25-26(30-15-5-7-21-6-3-4-8-24(21)30)28(33)31(27(25)32)17-20-10-13-23(29)14-11-20/h3-4,6,8-14,16H,5,7,15,17H2,1-2H3. The molecule has 0 radical (unpaired) electrons. The second-order valence-corrected chi connectivity index (χ2v) is 9.17.